The number of halogens is 1. The molecule has 0 aliphatic heterocycles. The number of fused-ring (bicyclic) bond motifs is 1. The van der Waals surface area contributed by atoms with Crippen LogP contribution in [0.1, 0.15) is 5.56 Å². The van der Waals surface area contributed by atoms with E-state index in [-0.39, 0.29) is 5.75 Å². The van der Waals surface area contributed by atoms with Crippen LogP contribution in [0.25, 0.3) is 22.2 Å². The average molecular weight is 275 g/mol. The normalized spacial score (nSPS) is 11.1. The van der Waals surface area contributed by atoms with Crippen LogP contribution < -0.4 is 5.73 Å². The molecule has 0 aliphatic carbocycles. The van der Waals surface area contributed by atoms with Gasteiger partial charge >= 0.3 is 0 Å². The van der Waals surface area contributed by atoms with Gasteiger partial charge in [-0.05, 0) is 29.8 Å². The lowest BCUT2D eigenvalue weighted by molar-refractivity contribution is 0.477. The number of aromatic amines is 1. The fraction of sp³-hybridized carbons (Fsp3) is 0.0769. The molecule has 2 aromatic carbocycles. The first-order chi connectivity index (χ1) is 9.20. The number of phenols is 1. The number of aromatic nitrogens is 3. The zero-order valence-corrected chi connectivity index (χ0v) is 10.6. The van der Waals surface area contributed by atoms with Crippen LogP contribution in [0.15, 0.2) is 30.3 Å². The second-order valence-corrected chi connectivity index (χ2v) is 4.58. The molecule has 0 aliphatic rings. The van der Waals surface area contributed by atoms with Crippen LogP contribution in [-0.4, -0.2) is 20.5 Å². The fourth-order valence-electron chi connectivity index (χ4n) is 2.05. The van der Waals surface area contributed by atoms with Gasteiger partial charge in [-0.1, -0.05) is 17.7 Å². The fourth-order valence-corrected chi connectivity index (χ4v) is 2.31. The van der Waals surface area contributed by atoms with Gasteiger partial charge in [0.15, 0.2) is 0 Å². The van der Waals surface area contributed by atoms with Crippen molar-refractivity contribution in [1.29, 1.82) is 0 Å². The highest BCUT2D eigenvalue weighted by Crippen LogP contribution is 2.38. The molecule has 0 bridgehead atoms. The Morgan fingerprint density at radius 1 is 1.21 bits per heavy atom. The van der Waals surface area contributed by atoms with E-state index in [1.807, 2.05) is 6.07 Å². The van der Waals surface area contributed by atoms with E-state index in [0.29, 0.717) is 33.7 Å². The largest absolute Gasteiger partial charge is 0.507 e. The Morgan fingerprint density at radius 3 is 2.84 bits per heavy atom. The summed E-state index contributed by atoms with van der Waals surface area (Å²) in [6, 6.07) is 8.69. The molecule has 0 atom stereocenters. The van der Waals surface area contributed by atoms with Gasteiger partial charge in [0.25, 0.3) is 0 Å². The molecular weight excluding hydrogens is 264 g/mol. The van der Waals surface area contributed by atoms with Crippen LogP contribution in [0, 0.1) is 0 Å². The summed E-state index contributed by atoms with van der Waals surface area (Å²) >= 11 is 6.24. The highest BCUT2D eigenvalue weighted by Gasteiger charge is 2.15. The summed E-state index contributed by atoms with van der Waals surface area (Å²) in [5.41, 5.74) is 9.11. The van der Waals surface area contributed by atoms with E-state index in [1.54, 1.807) is 24.3 Å². The van der Waals surface area contributed by atoms with E-state index in [0.717, 1.165) is 5.56 Å². The Kier molecular flexibility index (Phi) is 2.85. The number of nitrogens with two attached hydrogens (primary N) is 1. The van der Waals surface area contributed by atoms with E-state index in [9.17, 15) is 5.11 Å². The minimum Gasteiger partial charge on any atom is -0.507 e. The van der Waals surface area contributed by atoms with Crippen molar-refractivity contribution in [3.63, 3.8) is 0 Å². The topological polar surface area (TPSA) is 87.8 Å². The zero-order valence-electron chi connectivity index (χ0n) is 9.89. The van der Waals surface area contributed by atoms with Gasteiger partial charge in [0.2, 0.25) is 0 Å². The maximum atomic E-state index is 10.0. The van der Waals surface area contributed by atoms with Gasteiger partial charge in [-0.15, -0.1) is 0 Å². The van der Waals surface area contributed by atoms with Crippen molar-refractivity contribution in [3.05, 3.63) is 40.9 Å². The van der Waals surface area contributed by atoms with Crippen LogP contribution >= 0.6 is 11.6 Å². The number of hydrogen-bond donors (Lipinski definition) is 3. The molecule has 19 heavy (non-hydrogen) atoms. The molecule has 6 heteroatoms. The first-order valence-corrected chi connectivity index (χ1v) is 6.10. The molecular formula is C13H11ClN4O. The second kappa shape index (κ2) is 4.53. The average Bonchev–Trinajstić information content (AvgIpc) is 2.88. The van der Waals surface area contributed by atoms with Crippen LogP contribution in [0.4, 0.5) is 0 Å². The number of nitrogens with zero attached hydrogens (tertiary/aromatic N) is 2. The minimum atomic E-state index is 0.134. The molecule has 4 N–H and O–H groups in total. The molecule has 0 amide bonds. The molecule has 0 saturated carbocycles. The number of phenolic OH excluding ortho intramolecular Hbond substituents is 1. The molecule has 0 saturated heterocycles. The summed E-state index contributed by atoms with van der Waals surface area (Å²) < 4.78 is 0. The summed E-state index contributed by atoms with van der Waals surface area (Å²) in [5, 5.41) is 21.2. The summed E-state index contributed by atoms with van der Waals surface area (Å²) in [6.45, 7) is 0.389. The smallest absolute Gasteiger partial charge is 0.123 e. The Labute approximate surface area is 114 Å². The van der Waals surface area contributed by atoms with Crippen molar-refractivity contribution in [2.45, 2.75) is 6.54 Å². The number of H-pyrrole nitrogens is 1. The third kappa shape index (κ3) is 1.93. The minimum absolute atomic E-state index is 0.134. The van der Waals surface area contributed by atoms with E-state index in [2.05, 4.69) is 15.4 Å². The highest BCUT2D eigenvalue weighted by atomic mass is 35.5. The lowest BCUT2D eigenvalue weighted by atomic mass is 10.0. The maximum absolute atomic E-state index is 10.0. The van der Waals surface area contributed by atoms with Crippen LogP contribution in [0.2, 0.25) is 5.02 Å². The predicted molar refractivity (Wildman–Crippen MR) is 73.9 cm³/mol. The van der Waals surface area contributed by atoms with Gasteiger partial charge in [-0.25, -0.2) is 0 Å². The lowest BCUT2D eigenvalue weighted by Gasteiger charge is -2.09. The number of benzene rings is 2. The molecule has 96 valence electrons. The van der Waals surface area contributed by atoms with E-state index in [4.69, 9.17) is 17.3 Å². The zero-order chi connectivity index (χ0) is 13.4. The first-order valence-electron chi connectivity index (χ1n) is 5.72. The molecule has 0 unspecified atom stereocenters. The first kappa shape index (κ1) is 12.0. The Morgan fingerprint density at radius 2 is 2.05 bits per heavy atom. The molecule has 1 aromatic heterocycles. The summed E-state index contributed by atoms with van der Waals surface area (Å²) in [4.78, 5) is 0. The van der Waals surface area contributed by atoms with Crippen molar-refractivity contribution in [2.24, 2.45) is 5.73 Å². The summed E-state index contributed by atoms with van der Waals surface area (Å²) in [6.07, 6.45) is 0. The molecule has 0 spiro atoms. The number of rotatable bonds is 2. The number of hydrogen-bond acceptors (Lipinski definition) is 4. The van der Waals surface area contributed by atoms with Crippen molar-refractivity contribution >= 4 is 22.6 Å². The van der Waals surface area contributed by atoms with Gasteiger partial charge in [-0.3, -0.25) is 0 Å². The third-order valence-electron chi connectivity index (χ3n) is 3.00. The lowest BCUT2D eigenvalue weighted by Crippen LogP contribution is -1.96. The Balaban J connectivity index is 2.35. The predicted octanol–water partition coefficient (Wildman–Crippen LogP) is 2.44. The number of nitrogens with one attached hydrogen (secondary N) is 1. The van der Waals surface area contributed by atoms with Gasteiger partial charge in [0.1, 0.15) is 16.8 Å². The van der Waals surface area contributed by atoms with Gasteiger partial charge in [0.05, 0.1) is 5.02 Å². The van der Waals surface area contributed by atoms with Crippen molar-refractivity contribution in [3.8, 4) is 16.9 Å². The Bertz CT molecular complexity index is 753. The molecule has 1 heterocycles. The van der Waals surface area contributed by atoms with E-state index >= 15 is 0 Å². The molecule has 3 rings (SSSR count). The van der Waals surface area contributed by atoms with Gasteiger partial charge in [0, 0.05) is 17.7 Å². The second-order valence-electron chi connectivity index (χ2n) is 4.17. The van der Waals surface area contributed by atoms with Gasteiger partial charge < -0.3 is 10.8 Å². The summed E-state index contributed by atoms with van der Waals surface area (Å²) in [5.74, 6) is 0.134. The SMILES string of the molecule is NCc1ccc(O)c(-c2c(Cl)ccc3n[nH]nc23)c1. The van der Waals surface area contributed by atoms with E-state index < -0.39 is 0 Å². The molecule has 0 radical (unpaired) electrons. The van der Waals surface area contributed by atoms with E-state index in [1.165, 1.54) is 0 Å². The van der Waals surface area contributed by atoms with Crippen LogP contribution in [-0.2, 0) is 6.54 Å². The van der Waals surface area contributed by atoms with Crippen molar-refractivity contribution in [1.82, 2.24) is 15.4 Å². The van der Waals surface area contributed by atoms with Crippen molar-refractivity contribution in [2.75, 3.05) is 0 Å². The summed E-state index contributed by atoms with van der Waals surface area (Å²) in [7, 11) is 0. The van der Waals surface area contributed by atoms with Gasteiger partial charge in [-0.2, -0.15) is 15.4 Å². The van der Waals surface area contributed by atoms with Crippen LogP contribution in [0.3, 0.4) is 0 Å². The standard InChI is InChI=1S/C13H11ClN4O/c14-9-2-3-10-13(17-18-16-10)12(9)8-5-7(6-15)1-4-11(8)19/h1-5,19H,6,15H2,(H,16,17,18). The molecule has 3 aromatic rings. The molecule has 0 fully saturated rings. The highest BCUT2D eigenvalue weighted by molar-refractivity contribution is 6.35. The monoisotopic (exact) mass is 274 g/mol. The van der Waals surface area contributed by atoms with Crippen molar-refractivity contribution < 1.29 is 5.11 Å². The Hall–Kier alpha value is -2.11. The quantitative estimate of drug-likeness (QED) is 0.670. The number of aromatic hydroxyl groups is 1. The van der Waals surface area contributed by atoms with Crippen LogP contribution in [0.5, 0.6) is 5.75 Å². The maximum Gasteiger partial charge on any atom is 0.123 e. The molecule has 5 nitrogen and oxygen atoms in total. The third-order valence-corrected chi connectivity index (χ3v) is 3.32.